The molecule has 0 bridgehead atoms. The van der Waals surface area contributed by atoms with E-state index in [9.17, 15) is 14.7 Å². The van der Waals surface area contributed by atoms with E-state index in [4.69, 9.17) is 26.2 Å². The zero-order valence-electron chi connectivity index (χ0n) is 23.9. The Morgan fingerprint density at radius 3 is 2.24 bits per heavy atom. The van der Waals surface area contributed by atoms with Gasteiger partial charge in [0.1, 0.15) is 11.5 Å². The summed E-state index contributed by atoms with van der Waals surface area (Å²) in [6, 6.07) is 17.5. The van der Waals surface area contributed by atoms with Crippen LogP contribution in [0.5, 0.6) is 11.5 Å². The summed E-state index contributed by atoms with van der Waals surface area (Å²) >= 11 is 6.09. The summed E-state index contributed by atoms with van der Waals surface area (Å²) in [6.45, 7) is 5.71. The molecule has 4 aromatic rings. The van der Waals surface area contributed by atoms with Crippen molar-refractivity contribution in [1.29, 1.82) is 0 Å². The summed E-state index contributed by atoms with van der Waals surface area (Å²) < 4.78 is 13.8. The fraction of sp³-hybridized carbons (Fsp3) is 0.294. The van der Waals surface area contributed by atoms with Gasteiger partial charge in [-0.15, -0.1) is 0 Å². The SMILES string of the molecule is Cc1cc(Cl)cc(C)c1OCCCCOc1ccc(/C=C/c2cccc3c2c(CC(=O)O)cn3CCCC(=O)O)cc1. The van der Waals surface area contributed by atoms with Crippen LogP contribution in [0.3, 0.4) is 0 Å². The third kappa shape index (κ3) is 8.40. The molecule has 3 aromatic carbocycles. The van der Waals surface area contributed by atoms with Crippen molar-refractivity contribution in [3.05, 3.63) is 93.6 Å². The minimum Gasteiger partial charge on any atom is -0.494 e. The Balaban J connectivity index is 1.33. The quantitative estimate of drug-likeness (QED) is 0.108. The first kappa shape index (κ1) is 30.7. The van der Waals surface area contributed by atoms with E-state index >= 15 is 0 Å². The number of unbranched alkanes of at least 4 members (excludes halogenated alkanes) is 1. The molecule has 0 aliphatic carbocycles. The third-order valence-electron chi connectivity index (χ3n) is 6.96. The Morgan fingerprint density at radius 2 is 1.57 bits per heavy atom. The molecule has 0 aliphatic rings. The van der Waals surface area contributed by atoms with E-state index in [1.807, 2.05) is 91.4 Å². The molecule has 0 unspecified atom stereocenters. The van der Waals surface area contributed by atoms with Gasteiger partial charge >= 0.3 is 11.9 Å². The molecule has 0 aliphatic heterocycles. The molecule has 0 atom stereocenters. The van der Waals surface area contributed by atoms with Gasteiger partial charge in [-0.2, -0.15) is 0 Å². The van der Waals surface area contributed by atoms with Gasteiger partial charge < -0.3 is 24.3 Å². The summed E-state index contributed by atoms with van der Waals surface area (Å²) in [5.41, 5.74) is 5.57. The van der Waals surface area contributed by atoms with Crippen LogP contribution in [0.2, 0.25) is 5.02 Å². The minimum atomic E-state index is -0.909. The molecular weight excluding hydrogens is 554 g/mol. The van der Waals surface area contributed by atoms with Crippen LogP contribution in [0.1, 0.15) is 53.5 Å². The maximum absolute atomic E-state index is 11.5. The maximum Gasteiger partial charge on any atom is 0.307 e. The van der Waals surface area contributed by atoms with Crippen LogP contribution in [0, 0.1) is 13.8 Å². The molecule has 0 spiro atoms. The number of nitrogens with zero attached hydrogens (tertiary/aromatic N) is 1. The summed E-state index contributed by atoms with van der Waals surface area (Å²) in [5.74, 6) is -0.0659. The molecule has 220 valence electrons. The van der Waals surface area contributed by atoms with Crippen molar-refractivity contribution in [2.75, 3.05) is 13.2 Å². The van der Waals surface area contributed by atoms with Crippen molar-refractivity contribution in [3.63, 3.8) is 0 Å². The Kier molecular flexibility index (Phi) is 10.7. The Labute approximate surface area is 251 Å². The molecule has 8 heteroatoms. The number of aromatic nitrogens is 1. The monoisotopic (exact) mass is 589 g/mol. The highest BCUT2D eigenvalue weighted by Gasteiger charge is 2.14. The highest BCUT2D eigenvalue weighted by atomic mass is 35.5. The van der Waals surface area contributed by atoms with Crippen molar-refractivity contribution in [1.82, 2.24) is 4.57 Å². The number of ether oxygens (including phenoxy) is 2. The van der Waals surface area contributed by atoms with Gasteiger partial charge in [0.15, 0.2) is 0 Å². The standard InChI is InChI=1S/C34H36ClNO6/c1-23-19-28(35)20-24(2)34(23)42-18-4-3-17-41-29-14-11-25(12-15-29)10-13-26-7-5-8-30-33(26)27(21-32(39)40)22-36(30)16-6-9-31(37)38/h5,7-8,10-15,19-20,22H,3-4,6,9,16-18,21H2,1-2H3,(H,37,38)(H,39,40)/b13-10+. The largest absolute Gasteiger partial charge is 0.494 e. The molecule has 0 amide bonds. The van der Waals surface area contributed by atoms with Crippen molar-refractivity contribution >= 4 is 46.6 Å². The molecule has 7 nitrogen and oxygen atoms in total. The molecule has 0 saturated heterocycles. The minimum absolute atomic E-state index is 0.0609. The van der Waals surface area contributed by atoms with E-state index in [2.05, 4.69) is 0 Å². The van der Waals surface area contributed by atoms with Gasteiger partial charge in [0.2, 0.25) is 0 Å². The predicted molar refractivity (Wildman–Crippen MR) is 167 cm³/mol. The molecule has 1 aromatic heterocycles. The summed E-state index contributed by atoms with van der Waals surface area (Å²) in [7, 11) is 0. The lowest BCUT2D eigenvalue weighted by atomic mass is 10.0. The number of hydrogen-bond donors (Lipinski definition) is 2. The van der Waals surface area contributed by atoms with Crippen molar-refractivity contribution < 1.29 is 29.3 Å². The zero-order valence-corrected chi connectivity index (χ0v) is 24.7. The molecule has 42 heavy (non-hydrogen) atoms. The first-order valence-corrected chi connectivity index (χ1v) is 14.4. The average Bonchev–Trinajstić information content (AvgIpc) is 3.28. The Morgan fingerprint density at radius 1 is 0.881 bits per heavy atom. The van der Waals surface area contributed by atoms with Gasteiger partial charge in [-0.3, -0.25) is 9.59 Å². The predicted octanol–water partition coefficient (Wildman–Crippen LogP) is 7.81. The third-order valence-corrected chi connectivity index (χ3v) is 7.18. The van der Waals surface area contributed by atoms with Gasteiger partial charge in [-0.25, -0.2) is 0 Å². The van der Waals surface area contributed by atoms with Crippen LogP contribution in [0.25, 0.3) is 23.1 Å². The fourth-order valence-corrected chi connectivity index (χ4v) is 5.37. The zero-order chi connectivity index (χ0) is 30.1. The molecule has 0 radical (unpaired) electrons. The first-order chi connectivity index (χ1) is 20.2. The van der Waals surface area contributed by atoms with Crippen molar-refractivity contribution in [2.45, 2.75) is 52.5 Å². The molecule has 1 heterocycles. The number of carboxylic acids is 2. The number of benzene rings is 3. The lowest BCUT2D eigenvalue weighted by Crippen LogP contribution is -2.04. The van der Waals surface area contributed by atoms with E-state index in [1.165, 1.54) is 0 Å². The lowest BCUT2D eigenvalue weighted by molar-refractivity contribution is -0.137. The second kappa shape index (κ2) is 14.6. The van der Waals surface area contributed by atoms with Gasteiger partial charge in [-0.1, -0.05) is 48.0 Å². The highest BCUT2D eigenvalue weighted by molar-refractivity contribution is 6.30. The highest BCUT2D eigenvalue weighted by Crippen LogP contribution is 2.29. The number of aliphatic carboxylic acids is 2. The van der Waals surface area contributed by atoms with Crippen molar-refractivity contribution in [2.24, 2.45) is 0 Å². The molecule has 2 N–H and O–H groups in total. The summed E-state index contributed by atoms with van der Waals surface area (Å²) in [4.78, 5) is 22.5. The van der Waals surface area contributed by atoms with Crippen molar-refractivity contribution in [3.8, 4) is 11.5 Å². The molecule has 4 rings (SSSR count). The molecule has 0 fully saturated rings. The van der Waals surface area contributed by atoms with E-state index < -0.39 is 11.9 Å². The van der Waals surface area contributed by atoms with E-state index in [0.717, 1.165) is 62.5 Å². The second-order valence-electron chi connectivity index (χ2n) is 10.3. The maximum atomic E-state index is 11.5. The average molecular weight is 590 g/mol. The number of aryl methyl sites for hydroxylation is 3. The van der Waals surface area contributed by atoms with Crippen LogP contribution in [-0.4, -0.2) is 39.9 Å². The van der Waals surface area contributed by atoms with Crippen LogP contribution in [0.15, 0.2) is 60.8 Å². The normalized spacial score (nSPS) is 11.3. The van der Waals surface area contributed by atoms with Gasteiger partial charge in [0.25, 0.3) is 0 Å². The van der Waals surface area contributed by atoms with Gasteiger partial charge in [0.05, 0.1) is 19.6 Å². The number of carbonyl (C=O) groups is 2. The van der Waals surface area contributed by atoms with Crippen LogP contribution < -0.4 is 9.47 Å². The van der Waals surface area contributed by atoms with Crippen LogP contribution in [0.4, 0.5) is 0 Å². The molecule has 0 saturated carbocycles. The number of halogens is 1. The number of fused-ring (bicyclic) bond motifs is 1. The van der Waals surface area contributed by atoms with Crippen LogP contribution in [-0.2, 0) is 22.6 Å². The summed E-state index contributed by atoms with van der Waals surface area (Å²) in [6.07, 6.45) is 7.97. The fourth-order valence-electron chi connectivity index (χ4n) is 5.05. The van der Waals surface area contributed by atoms with Gasteiger partial charge in [-0.05, 0) is 91.3 Å². The van der Waals surface area contributed by atoms with E-state index in [-0.39, 0.29) is 12.8 Å². The van der Waals surface area contributed by atoms with E-state index in [1.54, 1.807) is 0 Å². The lowest BCUT2D eigenvalue weighted by Gasteiger charge is -2.13. The molecular formula is C34H36ClNO6. The Hall–Kier alpha value is -4.23. The topological polar surface area (TPSA) is 98.0 Å². The van der Waals surface area contributed by atoms with Crippen LogP contribution >= 0.6 is 11.6 Å². The first-order valence-electron chi connectivity index (χ1n) is 14.1. The smallest absolute Gasteiger partial charge is 0.307 e. The number of hydrogen-bond acceptors (Lipinski definition) is 4. The Bertz CT molecular complexity index is 1550. The van der Waals surface area contributed by atoms with E-state index in [0.29, 0.717) is 31.7 Å². The number of carboxylic acid groups (broad SMARTS) is 2. The van der Waals surface area contributed by atoms with Gasteiger partial charge in [0, 0.05) is 35.1 Å². The number of rotatable bonds is 15. The summed E-state index contributed by atoms with van der Waals surface area (Å²) in [5, 5.41) is 20.0. The second-order valence-corrected chi connectivity index (χ2v) is 10.8.